The Morgan fingerprint density at radius 3 is 2.95 bits per heavy atom. The quantitative estimate of drug-likeness (QED) is 0.771. The lowest BCUT2D eigenvalue weighted by atomic mass is 10.1. The zero-order valence-corrected chi connectivity index (χ0v) is 10.6. The van der Waals surface area contributed by atoms with Crippen molar-refractivity contribution in [3.05, 3.63) is 47.9 Å². The minimum atomic E-state index is -0.480. The summed E-state index contributed by atoms with van der Waals surface area (Å²) in [5.74, 6) is -0.435. The van der Waals surface area contributed by atoms with E-state index in [4.69, 9.17) is 0 Å². The van der Waals surface area contributed by atoms with Gasteiger partial charge in [0, 0.05) is 5.56 Å². The third kappa shape index (κ3) is 2.18. The van der Waals surface area contributed by atoms with Gasteiger partial charge in [-0.15, -0.1) is 0 Å². The van der Waals surface area contributed by atoms with E-state index in [1.807, 2.05) is 0 Å². The fourth-order valence-electron chi connectivity index (χ4n) is 2.01. The van der Waals surface area contributed by atoms with E-state index >= 15 is 0 Å². The van der Waals surface area contributed by atoms with Crippen LogP contribution in [-0.2, 0) is 0 Å². The maximum absolute atomic E-state index is 13.7. The molecule has 0 unspecified atom stereocenters. The molecule has 0 saturated carbocycles. The number of hydrogen-bond donors (Lipinski definition) is 2. The van der Waals surface area contributed by atoms with Gasteiger partial charge in [-0.05, 0) is 25.1 Å². The molecule has 3 rings (SSSR count). The topological polar surface area (TPSA) is 66.5 Å². The van der Waals surface area contributed by atoms with Gasteiger partial charge < -0.3 is 5.32 Å². The van der Waals surface area contributed by atoms with Crippen LogP contribution in [0.1, 0.15) is 18.5 Å². The smallest absolute Gasteiger partial charge is 0.160 e. The number of halogens is 2. The van der Waals surface area contributed by atoms with Crippen LogP contribution in [0.4, 0.5) is 14.6 Å². The minimum Gasteiger partial charge on any atom is -0.363 e. The number of benzene rings is 1. The van der Waals surface area contributed by atoms with Gasteiger partial charge in [0.2, 0.25) is 0 Å². The van der Waals surface area contributed by atoms with Gasteiger partial charge in [-0.3, -0.25) is 5.10 Å². The summed E-state index contributed by atoms with van der Waals surface area (Å²) >= 11 is 0. The van der Waals surface area contributed by atoms with E-state index in [0.29, 0.717) is 16.9 Å². The number of H-pyrrole nitrogens is 1. The van der Waals surface area contributed by atoms with Crippen molar-refractivity contribution in [1.29, 1.82) is 0 Å². The van der Waals surface area contributed by atoms with Crippen LogP contribution < -0.4 is 5.32 Å². The highest BCUT2D eigenvalue weighted by Crippen LogP contribution is 2.24. The maximum Gasteiger partial charge on any atom is 0.160 e. The Kier molecular flexibility index (Phi) is 3.02. The summed E-state index contributed by atoms with van der Waals surface area (Å²) in [4.78, 5) is 8.11. The number of rotatable bonds is 3. The molecule has 5 nitrogen and oxygen atoms in total. The van der Waals surface area contributed by atoms with Crippen LogP contribution in [0.25, 0.3) is 11.0 Å². The molecule has 0 saturated heterocycles. The number of hydrogen-bond acceptors (Lipinski definition) is 4. The second-order valence-corrected chi connectivity index (χ2v) is 4.39. The van der Waals surface area contributed by atoms with Crippen molar-refractivity contribution in [3.63, 3.8) is 0 Å². The lowest BCUT2D eigenvalue weighted by Crippen LogP contribution is -2.10. The number of aromatic nitrogens is 4. The first kappa shape index (κ1) is 12.5. The predicted molar refractivity (Wildman–Crippen MR) is 70.1 cm³/mol. The molecule has 7 heteroatoms. The molecule has 0 radical (unpaired) electrons. The van der Waals surface area contributed by atoms with Gasteiger partial charge in [0.1, 0.15) is 23.8 Å². The molecule has 2 heterocycles. The van der Waals surface area contributed by atoms with Gasteiger partial charge in [-0.2, -0.15) is 5.10 Å². The summed E-state index contributed by atoms with van der Waals surface area (Å²) < 4.78 is 26.9. The van der Waals surface area contributed by atoms with Crippen LogP contribution >= 0.6 is 0 Å². The molecule has 102 valence electrons. The highest BCUT2D eigenvalue weighted by atomic mass is 19.1. The first-order valence-electron chi connectivity index (χ1n) is 6.00. The van der Waals surface area contributed by atoms with Crippen molar-refractivity contribution in [1.82, 2.24) is 20.2 Å². The van der Waals surface area contributed by atoms with Gasteiger partial charge in [0.05, 0.1) is 17.6 Å². The Morgan fingerprint density at radius 1 is 1.25 bits per heavy atom. The Hall–Kier alpha value is -2.57. The molecule has 0 bridgehead atoms. The monoisotopic (exact) mass is 275 g/mol. The number of anilines is 1. The average Bonchev–Trinajstić information content (AvgIpc) is 2.91. The van der Waals surface area contributed by atoms with E-state index in [9.17, 15) is 8.78 Å². The molecule has 2 aromatic heterocycles. The fourth-order valence-corrected chi connectivity index (χ4v) is 2.01. The summed E-state index contributed by atoms with van der Waals surface area (Å²) in [6.07, 6.45) is 2.95. The van der Waals surface area contributed by atoms with Gasteiger partial charge in [-0.1, -0.05) is 0 Å². The normalized spacial score (nSPS) is 12.6. The zero-order chi connectivity index (χ0) is 14.1. The molecule has 1 aromatic carbocycles. The SMILES string of the molecule is C[C@@H](Nc1ncnc2[nH]ncc12)c1cc(F)ccc1F. The van der Waals surface area contributed by atoms with Crippen molar-refractivity contribution < 1.29 is 8.78 Å². The third-order valence-electron chi connectivity index (χ3n) is 3.03. The standard InChI is InChI=1S/C13H11F2N5/c1-7(9-4-8(14)2-3-11(9)15)19-12-10-5-18-20-13(10)17-6-16-12/h2-7H,1H3,(H2,16,17,18,19,20)/t7-/m1/s1. The van der Waals surface area contributed by atoms with Gasteiger partial charge >= 0.3 is 0 Å². The zero-order valence-electron chi connectivity index (χ0n) is 10.6. The molecule has 1 atom stereocenters. The Labute approximate surface area is 113 Å². The third-order valence-corrected chi connectivity index (χ3v) is 3.03. The molecule has 0 fully saturated rings. The highest BCUT2D eigenvalue weighted by Gasteiger charge is 2.14. The first-order chi connectivity index (χ1) is 9.65. The Bertz CT molecular complexity index is 755. The number of fused-ring (bicyclic) bond motifs is 1. The molecule has 0 aliphatic rings. The Morgan fingerprint density at radius 2 is 2.10 bits per heavy atom. The van der Waals surface area contributed by atoms with E-state index in [-0.39, 0.29) is 5.56 Å². The van der Waals surface area contributed by atoms with Crippen LogP contribution in [0, 0.1) is 11.6 Å². The number of nitrogens with one attached hydrogen (secondary N) is 2. The highest BCUT2D eigenvalue weighted by molar-refractivity contribution is 5.85. The van der Waals surface area contributed by atoms with Crippen molar-refractivity contribution in [3.8, 4) is 0 Å². The van der Waals surface area contributed by atoms with Crippen LogP contribution in [-0.4, -0.2) is 20.2 Å². The maximum atomic E-state index is 13.7. The van der Waals surface area contributed by atoms with Crippen LogP contribution in [0.3, 0.4) is 0 Å². The summed E-state index contributed by atoms with van der Waals surface area (Å²) in [6, 6.07) is 2.92. The van der Waals surface area contributed by atoms with Crippen LogP contribution in [0.2, 0.25) is 0 Å². The summed E-state index contributed by atoms with van der Waals surface area (Å²) in [5.41, 5.74) is 0.815. The molecule has 0 aliphatic heterocycles. The van der Waals surface area contributed by atoms with E-state index in [0.717, 1.165) is 12.1 Å². The lowest BCUT2D eigenvalue weighted by molar-refractivity contribution is 0.577. The van der Waals surface area contributed by atoms with E-state index in [2.05, 4.69) is 25.5 Å². The van der Waals surface area contributed by atoms with Crippen molar-refractivity contribution >= 4 is 16.9 Å². The molecular formula is C13H11F2N5. The lowest BCUT2D eigenvalue weighted by Gasteiger charge is -2.16. The van der Waals surface area contributed by atoms with E-state index in [1.165, 1.54) is 12.4 Å². The number of nitrogens with zero attached hydrogens (tertiary/aromatic N) is 3. The molecule has 20 heavy (non-hydrogen) atoms. The van der Waals surface area contributed by atoms with Crippen LogP contribution in [0.15, 0.2) is 30.7 Å². The van der Waals surface area contributed by atoms with Gasteiger partial charge in [-0.25, -0.2) is 18.7 Å². The van der Waals surface area contributed by atoms with Crippen molar-refractivity contribution in [2.24, 2.45) is 0 Å². The molecule has 0 spiro atoms. The van der Waals surface area contributed by atoms with Crippen LogP contribution in [0.5, 0.6) is 0 Å². The summed E-state index contributed by atoms with van der Waals surface area (Å²) in [6.45, 7) is 1.73. The average molecular weight is 275 g/mol. The van der Waals surface area contributed by atoms with Gasteiger partial charge in [0.15, 0.2) is 5.65 Å². The number of aromatic amines is 1. The summed E-state index contributed by atoms with van der Waals surface area (Å²) in [5, 5.41) is 10.3. The van der Waals surface area contributed by atoms with E-state index in [1.54, 1.807) is 13.1 Å². The Balaban J connectivity index is 1.94. The molecule has 0 aliphatic carbocycles. The second-order valence-electron chi connectivity index (χ2n) is 4.39. The minimum absolute atomic E-state index is 0.236. The molecular weight excluding hydrogens is 264 g/mol. The van der Waals surface area contributed by atoms with Crippen molar-refractivity contribution in [2.75, 3.05) is 5.32 Å². The predicted octanol–water partition coefficient (Wildman–Crippen LogP) is 2.80. The molecule has 2 N–H and O–H groups in total. The first-order valence-corrected chi connectivity index (χ1v) is 6.00. The second kappa shape index (κ2) is 4.84. The summed E-state index contributed by atoms with van der Waals surface area (Å²) in [7, 11) is 0. The molecule has 3 aromatic rings. The fraction of sp³-hybridized carbons (Fsp3) is 0.154. The van der Waals surface area contributed by atoms with E-state index < -0.39 is 17.7 Å². The van der Waals surface area contributed by atoms with Gasteiger partial charge in [0.25, 0.3) is 0 Å². The largest absolute Gasteiger partial charge is 0.363 e. The molecule has 0 amide bonds. The van der Waals surface area contributed by atoms with Crippen molar-refractivity contribution in [2.45, 2.75) is 13.0 Å².